The fourth-order valence-electron chi connectivity index (χ4n) is 15.1. The van der Waals surface area contributed by atoms with Crippen LogP contribution in [0.25, 0.3) is 21.8 Å². The van der Waals surface area contributed by atoms with Crippen LogP contribution in [0, 0.1) is 11.3 Å². The molecule has 127 heavy (non-hydrogen) atoms. The lowest BCUT2D eigenvalue weighted by atomic mass is 9.93. The Balaban J connectivity index is 0.921. The fraction of sp³-hybridized carbons (Fsp3) is 0.482. The summed E-state index contributed by atoms with van der Waals surface area (Å²) in [5.74, 6) is -13.7. The molecule has 8 atom stereocenters. The predicted molar refractivity (Wildman–Crippen MR) is 464 cm³/mol. The molecule has 1 aliphatic carbocycles. The zero-order valence-corrected chi connectivity index (χ0v) is 71.5. The fourth-order valence-corrected chi connectivity index (χ4v) is 15.1. The molecule has 42 heteroatoms. The highest BCUT2D eigenvalue weighted by molar-refractivity contribution is 6.01. The topological polar surface area (TPSA) is 634 Å². The predicted octanol–water partition coefficient (Wildman–Crippen LogP) is -2.89. The number of H-pyrrole nitrogens is 2. The Morgan fingerprint density at radius 2 is 0.953 bits per heavy atom. The number of urea groups is 1. The Hall–Kier alpha value is -13.3. The van der Waals surface area contributed by atoms with E-state index in [4.69, 9.17) is 16.9 Å². The van der Waals surface area contributed by atoms with Crippen molar-refractivity contribution in [1.82, 2.24) is 98.9 Å². The molecule has 1 aliphatic heterocycles. The first kappa shape index (κ1) is 99.1. The smallest absolute Gasteiger partial charge is 0.334 e. The number of carboxylic acid groups (broad SMARTS) is 3. The van der Waals surface area contributed by atoms with Gasteiger partial charge in [0, 0.05) is 145 Å². The number of aromatic hydroxyl groups is 1. The van der Waals surface area contributed by atoms with Crippen molar-refractivity contribution in [2.24, 2.45) is 17.4 Å². The largest absolute Gasteiger partial charge is 0.508 e. The van der Waals surface area contributed by atoms with Crippen molar-refractivity contribution in [1.29, 1.82) is 5.41 Å². The summed E-state index contributed by atoms with van der Waals surface area (Å²) in [6, 6.07) is 14.8. The second kappa shape index (κ2) is 48.8. The number of carbonyl (C=O) groups is 15. The van der Waals surface area contributed by atoms with Gasteiger partial charge in [0.15, 0.2) is 5.96 Å². The number of hydrazine groups is 1. The number of unbranched alkanes of at least 4 members (excludes halogenated alkanes) is 2. The van der Waals surface area contributed by atoms with Gasteiger partial charge in [-0.25, -0.2) is 10.2 Å². The Kier molecular flexibility index (Phi) is 38.1. The van der Waals surface area contributed by atoms with E-state index in [1.54, 1.807) is 94.4 Å². The second-order valence-electron chi connectivity index (χ2n) is 32.2. The first-order valence-electron chi connectivity index (χ1n) is 42.1. The van der Waals surface area contributed by atoms with Gasteiger partial charge in [-0.05, 0) is 97.0 Å². The summed E-state index contributed by atoms with van der Waals surface area (Å²) in [5, 5.41) is 89.0. The van der Waals surface area contributed by atoms with Crippen LogP contribution in [0.4, 0.5) is 4.79 Å². The molecular weight excluding hydrogens is 1650 g/mol. The van der Waals surface area contributed by atoms with Crippen molar-refractivity contribution in [3.63, 3.8) is 0 Å². The summed E-state index contributed by atoms with van der Waals surface area (Å²) in [6.45, 7) is 5.54. The minimum absolute atomic E-state index is 0.00634. The lowest BCUT2D eigenvalue weighted by Gasteiger charge is -2.32. The Morgan fingerprint density at radius 1 is 0.488 bits per heavy atom. The molecule has 6 aromatic rings. The highest BCUT2D eigenvalue weighted by Gasteiger charge is 2.48. The van der Waals surface area contributed by atoms with Crippen LogP contribution in [0.5, 0.6) is 5.75 Å². The maximum atomic E-state index is 15.0. The van der Waals surface area contributed by atoms with Gasteiger partial charge in [0.05, 0.1) is 38.7 Å². The summed E-state index contributed by atoms with van der Waals surface area (Å²) >= 11 is 0. The van der Waals surface area contributed by atoms with E-state index in [0.29, 0.717) is 51.6 Å². The van der Waals surface area contributed by atoms with Gasteiger partial charge in [-0.3, -0.25) is 97.6 Å². The van der Waals surface area contributed by atoms with E-state index in [-0.39, 0.29) is 179 Å². The van der Waals surface area contributed by atoms with Crippen molar-refractivity contribution in [2.75, 3.05) is 98.7 Å². The van der Waals surface area contributed by atoms with Crippen LogP contribution in [0.15, 0.2) is 109 Å². The van der Waals surface area contributed by atoms with Crippen LogP contribution in [-0.2, 0) is 99.2 Å². The maximum absolute atomic E-state index is 15.0. The Morgan fingerprint density at radius 3 is 1.46 bits per heavy atom. The summed E-state index contributed by atoms with van der Waals surface area (Å²) in [4.78, 5) is 218. The number of guanidine groups is 1. The number of aromatic amines is 2. The highest BCUT2D eigenvalue weighted by atomic mass is 16.4. The number of carboxylic acids is 3. The Bertz CT molecular complexity index is 4790. The lowest BCUT2D eigenvalue weighted by molar-refractivity contribution is -0.140. The number of carbonyl (C=O) groups excluding carboxylic acids is 12. The second-order valence-corrected chi connectivity index (χ2v) is 32.2. The third kappa shape index (κ3) is 32.0. The van der Waals surface area contributed by atoms with E-state index in [1.165, 1.54) is 31.3 Å². The third-order valence-corrected chi connectivity index (χ3v) is 21.8. The van der Waals surface area contributed by atoms with Crippen molar-refractivity contribution < 1.29 is 97.5 Å². The number of aliphatic carboxylic acids is 3. The van der Waals surface area contributed by atoms with Crippen LogP contribution in [-0.4, -0.2) is 303 Å². The van der Waals surface area contributed by atoms with Crippen molar-refractivity contribution >= 4 is 117 Å². The Labute approximate surface area is 732 Å². The molecule has 1 saturated heterocycles. The number of primary amides is 2. The molecule has 25 N–H and O–H groups in total. The number of hydrogen-bond acceptors (Lipinski definition) is 22. The molecule has 13 amide bonds. The van der Waals surface area contributed by atoms with Crippen molar-refractivity contribution in [2.45, 2.75) is 158 Å². The average Bonchev–Trinajstić information content (AvgIpc) is 1.62. The highest BCUT2D eigenvalue weighted by Crippen LogP contribution is 2.31. The zero-order valence-electron chi connectivity index (χ0n) is 71.5. The average molecular weight is 1770 g/mol. The van der Waals surface area contributed by atoms with E-state index >= 15 is 4.79 Å². The molecule has 0 bridgehead atoms. The number of amides is 13. The van der Waals surface area contributed by atoms with Crippen LogP contribution >= 0.6 is 0 Å². The number of aromatic nitrogens is 2. The van der Waals surface area contributed by atoms with Gasteiger partial charge in [0.1, 0.15) is 53.6 Å². The first-order chi connectivity index (χ1) is 60.5. The molecule has 2 aromatic heterocycles. The van der Waals surface area contributed by atoms with Gasteiger partial charge in [0.25, 0.3) is 5.91 Å². The van der Waals surface area contributed by atoms with Gasteiger partial charge in [-0.1, -0.05) is 93.1 Å². The van der Waals surface area contributed by atoms with Gasteiger partial charge in [-0.2, -0.15) is 0 Å². The lowest BCUT2D eigenvalue weighted by Crippen LogP contribution is -2.67. The number of benzene rings is 4. The molecular formula is C85H118N22O20. The minimum atomic E-state index is -2.00. The number of phenols is 1. The van der Waals surface area contributed by atoms with Gasteiger partial charge < -0.3 is 105 Å². The number of phenolic OH excluding ortho intramolecular Hbond substituents is 1. The molecule has 688 valence electrons. The molecule has 4 aromatic carbocycles. The van der Waals surface area contributed by atoms with Crippen molar-refractivity contribution in [3.05, 3.63) is 137 Å². The van der Waals surface area contributed by atoms with Gasteiger partial charge in [0.2, 0.25) is 59.1 Å². The molecule has 2 aliphatic rings. The molecule has 42 nitrogen and oxygen atoms in total. The quantitative estimate of drug-likeness (QED) is 0.00790. The van der Waals surface area contributed by atoms with Crippen LogP contribution in [0.3, 0.4) is 0 Å². The number of rotatable bonds is 45. The first-order valence-corrected chi connectivity index (χ1v) is 42.1. The standard InChI is InChI=1S/C85H118N22O20/c1-50(2)37-64(77(121)95-62(21-14-28-91-83(88)89-4)76(120)96-63(75(87)119)39-55-44-92-60-19-11-9-17-58(55)60)99-84(127)103-102-82(126)85(42-53-15-7-8-16-54(53)43-85)101-81(125)74(51(3)108)100-80(124)67(41-68(86)110)98-79(123)66(40-56-45-93-61-20-12-10-18-59(56)61)97-78(122)65(38-52-23-25-57(109)26-24-52)94-69(111)22-6-5-13-27-90-70(112)46-104-29-31-105(47-71(113)114)33-35-107(49-73(117)118)36-34-106(32-30-104)48-72(115)116/h7-12,15-20,23-26,44-45,50-51,62-67,74,92-93,108-109H,5-6,13-14,21-22,27-43,46-49H2,1-4H3,(H2,86,110)(H2,87,119)(H,90,112)(H,94,111)(H,95,121)(H,96,120)(H,97,122)(H,98,123)(H,100,124)(H,101,125)(H,102,126)(H,113,114)(H,115,116)(H,117,118)(H3,88,89,91)(H2,99,103,127)/t51-,62+,63+,64+,65-,66-,67+,74+/m1/s1. The molecule has 0 spiro atoms. The van der Waals surface area contributed by atoms with E-state index < -0.39 is 143 Å². The zero-order chi connectivity index (χ0) is 92.4. The number of aliphatic hydroxyl groups excluding tert-OH is 1. The van der Waals surface area contributed by atoms with E-state index in [9.17, 15) is 92.7 Å². The molecule has 8 rings (SSSR count). The van der Waals surface area contributed by atoms with Crippen LogP contribution in [0.1, 0.15) is 100.0 Å². The number of fused-ring (bicyclic) bond motifs is 3. The van der Waals surface area contributed by atoms with Crippen LogP contribution < -0.4 is 80.8 Å². The molecule has 1 fully saturated rings. The van der Waals surface area contributed by atoms with Crippen molar-refractivity contribution in [3.8, 4) is 5.75 Å². The molecule has 3 heterocycles. The normalized spacial score (nSPS) is 15.8. The number of nitrogens with two attached hydrogens (primary N) is 2. The van der Waals surface area contributed by atoms with E-state index in [0.717, 1.165) is 17.8 Å². The maximum Gasteiger partial charge on any atom is 0.334 e. The summed E-state index contributed by atoms with van der Waals surface area (Å²) in [5.41, 5.74) is 18.3. The van der Waals surface area contributed by atoms with E-state index in [2.05, 4.69) is 79.3 Å². The molecule has 0 unspecified atom stereocenters. The summed E-state index contributed by atoms with van der Waals surface area (Å²) < 4.78 is 0. The number of aliphatic hydroxyl groups is 1. The molecule has 0 saturated carbocycles. The number of nitrogens with one attached hydrogen (secondary N) is 16. The van der Waals surface area contributed by atoms with E-state index in [1.807, 2.05) is 24.3 Å². The number of nitrogens with zero attached hydrogens (tertiary/aromatic N) is 4. The minimum Gasteiger partial charge on any atom is -0.508 e. The monoisotopic (exact) mass is 1770 g/mol. The molecule has 0 radical (unpaired) electrons. The number of hydrogen-bond donors (Lipinski definition) is 23. The third-order valence-electron chi connectivity index (χ3n) is 21.8. The van der Waals surface area contributed by atoms with Gasteiger partial charge in [-0.15, -0.1) is 0 Å². The SMILES string of the molecule is CNC(=N)NCCC[C@H](NC(=O)[C@H](CC(C)C)NC(=O)NNC(=O)C1(NC(=O)[C@@H](NC(=O)[C@H](CC(N)=O)NC(=O)[C@@H](Cc2c[nH]c3ccccc23)NC(=O)[C@@H](Cc2ccc(O)cc2)NC(=O)CCCCCNC(=O)CN2CCN(CC(=O)O)CCN(CC(=O)O)CCN(CC(=O)O)CC2)[C@@H](C)O)Cc2ccccc2C1)C(=O)N[C@@H](Cc1c[nH]c2ccccc12)C(N)=O. The summed E-state index contributed by atoms with van der Waals surface area (Å²) in [7, 11) is 1.53. The summed E-state index contributed by atoms with van der Waals surface area (Å²) in [6.07, 6.45) is 0.780. The van der Waals surface area contributed by atoms with Gasteiger partial charge >= 0.3 is 23.9 Å². The number of para-hydroxylation sites is 2. The van der Waals surface area contributed by atoms with Crippen LogP contribution in [0.2, 0.25) is 0 Å².